The molecule has 1 atom stereocenters. The fraction of sp³-hybridized carbons (Fsp3) is 0.208. The van der Waals surface area contributed by atoms with Gasteiger partial charge in [-0.25, -0.2) is 8.42 Å². The Bertz CT molecular complexity index is 1180. The van der Waals surface area contributed by atoms with E-state index in [0.717, 1.165) is 16.0 Å². The molecule has 0 aliphatic carbocycles. The molecule has 168 valence electrons. The SMILES string of the molecule is COc1ccc(C)cc1S(=O)(=O)N[C@@H](Cc1ccccc1)C(=O)Nc1ccccc1SC. The fourth-order valence-electron chi connectivity index (χ4n) is 3.25. The first-order chi connectivity index (χ1) is 15.3. The monoisotopic (exact) mass is 470 g/mol. The lowest BCUT2D eigenvalue weighted by molar-refractivity contribution is -0.117. The van der Waals surface area contributed by atoms with Gasteiger partial charge in [-0.15, -0.1) is 11.8 Å². The molecule has 0 unspecified atom stereocenters. The van der Waals surface area contributed by atoms with Gasteiger partial charge in [0.15, 0.2) is 0 Å². The summed E-state index contributed by atoms with van der Waals surface area (Å²) in [5.74, 6) is -0.222. The second kappa shape index (κ2) is 10.7. The number of carbonyl (C=O) groups excluding carboxylic acids is 1. The number of hydrogen-bond donors (Lipinski definition) is 2. The van der Waals surface area contributed by atoms with Gasteiger partial charge in [-0.1, -0.05) is 48.5 Å². The molecule has 2 N–H and O–H groups in total. The molecule has 0 spiro atoms. The summed E-state index contributed by atoms with van der Waals surface area (Å²) in [5.41, 5.74) is 2.24. The molecule has 0 bridgehead atoms. The van der Waals surface area contributed by atoms with Crippen molar-refractivity contribution in [1.29, 1.82) is 0 Å². The van der Waals surface area contributed by atoms with E-state index >= 15 is 0 Å². The topological polar surface area (TPSA) is 84.5 Å². The zero-order chi connectivity index (χ0) is 23.1. The first-order valence-corrected chi connectivity index (χ1v) is 12.7. The predicted octanol–water partition coefficient (Wildman–Crippen LogP) is 4.25. The van der Waals surface area contributed by atoms with Crippen molar-refractivity contribution in [2.24, 2.45) is 0 Å². The molecule has 32 heavy (non-hydrogen) atoms. The Balaban J connectivity index is 1.94. The summed E-state index contributed by atoms with van der Waals surface area (Å²) in [6.07, 6.45) is 2.11. The molecule has 0 radical (unpaired) electrons. The highest BCUT2D eigenvalue weighted by Crippen LogP contribution is 2.27. The van der Waals surface area contributed by atoms with Gasteiger partial charge in [-0.05, 0) is 55.0 Å². The Labute approximate surface area is 193 Å². The highest BCUT2D eigenvalue weighted by Gasteiger charge is 2.28. The maximum Gasteiger partial charge on any atom is 0.245 e. The number of nitrogens with one attached hydrogen (secondary N) is 2. The number of methoxy groups -OCH3 is 1. The van der Waals surface area contributed by atoms with Gasteiger partial charge >= 0.3 is 0 Å². The Morgan fingerprint density at radius 2 is 1.72 bits per heavy atom. The van der Waals surface area contributed by atoms with Crippen molar-refractivity contribution >= 4 is 33.4 Å². The second-order valence-corrected chi connectivity index (χ2v) is 9.74. The molecule has 1 amide bonds. The van der Waals surface area contributed by atoms with Crippen molar-refractivity contribution in [3.05, 3.63) is 83.9 Å². The van der Waals surface area contributed by atoms with Crippen LogP contribution in [0.4, 0.5) is 5.69 Å². The third kappa shape index (κ3) is 5.91. The Hall–Kier alpha value is -2.81. The second-order valence-electron chi connectivity index (χ2n) is 7.21. The fourth-order valence-corrected chi connectivity index (χ4v) is 5.25. The molecule has 0 aliphatic rings. The number of amides is 1. The van der Waals surface area contributed by atoms with Crippen LogP contribution in [0.5, 0.6) is 5.75 Å². The number of sulfonamides is 1. The van der Waals surface area contributed by atoms with Gasteiger partial charge in [0.2, 0.25) is 15.9 Å². The van der Waals surface area contributed by atoms with Crippen LogP contribution in [-0.2, 0) is 21.2 Å². The number of para-hydroxylation sites is 1. The Kier molecular flexibility index (Phi) is 7.95. The van der Waals surface area contributed by atoms with Gasteiger partial charge in [0.25, 0.3) is 0 Å². The number of benzene rings is 3. The molecular formula is C24H26N2O4S2. The van der Waals surface area contributed by atoms with Crippen LogP contribution in [0.15, 0.2) is 82.6 Å². The standard InChI is InChI=1S/C24H26N2O4S2/c1-17-13-14-21(30-2)23(15-17)32(28,29)26-20(16-18-9-5-4-6-10-18)24(27)25-19-11-7-8-12-22(19)31-3/h4-15,20,26H,16H2,1-3H3,(H,25,27)/t20-/m0/s1. The maximum absolute atomic E-state index is 13.3. The van der Waals surface area contributed by atoms with Gasteiger partial charge in [0, 0.05) is 4.90 Å². The number of rotatable bonds is 9. The zero-order valence-electron chi connectivity index (χ0n) is 18.2. The van der Waals surface area contributed by atoms with Crippen LogP contribution in [0.3, 0.4) is 0 Å². The minimum atomic E-state index is -4.04. The summed E-state index contributed by atoms with van der Waals surface area (Å²) < 4.78 is 34.4. The molecule has 6 nitrogen and oxygen atoms in total. The summed E-state index contributed by atoms with van der Waals surface area (Å²) in [6.45, 7) is 1.80. The lowest BCUT2D eigenvalue weighted by Crippen LogP contribution is -2.45. The molecule has 3 aromatic rings. The van der Waals surface area contributed by atoms with Crippen LogP contribution in [0.25, 0.3) is 0 Å². The summed E-state index contributed by atoms with van der Waals surface area (Å²) in [6, 6.07) is 20.6. The lowest BCUT2D eigenvalue weighted by Gasteiger charge is -2.20. The van der Waals surface area contributed by atoms with Crippen LogP contribution in [-0.4, -0.2) is 33.7 Å². The molecule has 3 aromatic carbocycles. The van der Waals surface area contributed by atoms with Crippen LogP contribution in [0.2, 0.25) is 0 Å². The molecule has 8 heteroatoms. The molecule has 3 rings (SSSR count). The minimum Gasteiger partial charge on any atom is -0.495 e. The molecule has 0 fully saturated rings. The maximum atomic E-state index is 13.3. The minimum absolute atomic E-state index is 0.00428. The average Bonchev–Trinajstić information content (AvgIpc) is 2.79. The van der Waals surface area contributed by atoms with Crippen molar-refractivity contribution in [3.8, 4) is 5.75 Å². The smallest absolute Gasteiger partial charge is 0.245 e. The number of hydrogen-bond acceptors (Lipinski definition) is 5. The van der Waals surface area contributed by atoms with Crippen molar-refractivity contribution in [1.82, 2.24) is 4.72 Å². The van der Waals surface area contributed by atoms with Crippen LogP contribution in [0, 0.1) is 6.92 Å². The van der Waals surface area contributed by atoms with Gasteiger partial charge in [-0.2, -0.15) is 4.72 Å². The summed E-state index contributed by atoms with van der Waals surface area (Å²) in [7, 11) is -2.62. The van der Waals surface area contributed by atoms with E-state index in [1.54, 1.807) is 25.1 Å². The van der Waals surface area contributed by atoms with Crippen molar-refractivity contribution in [3.63, 3.8) is 0 Å². The Morgan fingerprint density at radius 1 is 1.03 bits per heavy atom. The first kappa shape index (κ1) is 23.8. The zero-order valence-corrected chi connectivity index (χ0v) is 19.8. The highest BCUT2D eigenvalue weighted by atomic mass is 32.2. The van der Waals surface area contributed by atoms with E-state index < -0.39 is 22.0 Å². The normalized spacial score (nSPS) is 12.2. The van der Waals surface area contributed by atoms with Crippen LogP contribution >= 0.6 is 11.8 Å². The van der Waals surface area contributed by atoms with E-state index in [9.17, 15) is 13.2 Å². The number of anilines is 1. The van der Waals surface area contributed by atoms with E-state index in [2.05, 4.69) is 10.0 Å². The molecule has 0 aliphatic heterocycles. The summed E-state index contributed by atoms with van der Waals surface area (Å²) in [4.78, 5) is 14.1. The highest BCUT2D eigenvalue weighted by molar-refractivity contribution is 7.98. The summed E-state index contributed by atoms with van der Waals surface area (Å²) >= 11 is 1.50. The third-order valence-electron chi connectivity index (χ3n) is 4.87. The van der Waals surface area contributed by atoms with Crippen LogP contribution in [0.1, 0.15) is 11.1 Å². The predicted molar refractivity (Wildman–Crippen MR) is 129 cm³/mol. The van der Waals surface area contributed by atoms with Gasteiger partial charge in [-0.3, -0.25) is 4.79 Å². The van der Waals surface area contributed by atoms with E-state index in [1.165, 1.54) is 24.9 Å². The number of aryl methyl sites for hydroxylation is 1. The quantitative estimate of drug-likeness (QED) is 0.457. The molecular weight excluding hydrogens is 444 g/mol. The largest absolute Gasteiger partial charge is 0.495 e. The number of ether oxygens (including phenoxy) is 1. The molecule has 0 aromatic heterocycles. The van der Waals surface area contributed by atoms with Gasteiger partial charge < -0.3 is 10.1 Å². The van der Waals surface area contributed by atoms with Crippen molar-refractivity contribution < 1.29 is 17.9 Å². The summed E-state index contributed by atoms with van der Waals surface area (Å²) in [5, 5.41) is 2.88. The molecule has 0 saturated heterocycles. The van der Waals surface area contributed by atoms with Crippen molar-refractivity contribution in [2.75, 3.05) is 18.7 Å². The van der Waals surface area contributed by atoms with E-state index in [1.807, 2.05) is 54.8 Å². The van der Waals surface area contributed by atoms with E-state index in [4.69, 9.17) is 4.74 Å². The van der Waals surface area contributed by atoms with E-state index in [-0.39, 0.29) is 17.1 Å². The van der Waals surface area contributed by atoms with Gasteiger partial charge in [0.1, 0.15) is 16.7 Å². The lowest BCUT2D eigenvalue weighted by atomic mass is 10.1. The molecule has 0 heterocycles. The van der Waals surface area contributed by atoms with Crippen LogP contribution < -0.4 is 14.8 Å². The average molecular weight is 471 g/mol. The van der Waals surface area contributed by atoms with Crippen molar-refractivity contribution in [2.45, 2.75) is 29.2 Å². The first-order valence-electron chi connectivity index (χ1n) is 9.99. The van der Waals surface area contributed by atoms with E-state index in [0.29, 0.717) is 5.69 Å². The number of thioether (sulfide) groups is 1. The third-order valence-corrected chi connectivity index (χ3v) is 7.16. The molecule has 0 saturated carbocycles. The number of carbonyl (C=O) groups is 1. The Morgan fingerprint density at radius 3 is 2.41 bits per heavy atom. The van der Waals surface area contributed by atoms with Gasteiger partial charge in [0.05, 0.1) is 12.8 Å².